The molecule has 0 spiro atoms. The van der Waals surface area contributed by atoms with E-state index in [9.17, 15) is 0 Å². The zero-order chi connectivity index (χ0) is 14.8. The average molecular weight is 285 g/mol. The number of ether oxygens (including phenoxy) is 1. The lowest BCUT2D eigenvalue weighted by molar-refractivity contribution is 0.252. The van der Waals surface area contributed by atoms with Crippen molar-refractivity contribution >= 4 is 0 Å². The summed E-state index contributed by atoms with van der Waals surface area (Å²) in [5.41, 5.74) is 3.74. The van der Waals surface area contributed by atoms with Crippen molar-refractivity contribution in [3.63, 3.8) is 0 Å². The van der Waals surface area contributed by atoms with Gasteiger partial charge in [-0.05, 0) is 12.0 Å². The number of nitrogens with one attached hydrogen (secondary N) is 1. The zero-order valence-electron chi connectivity index (χ0n) is 13.0. The van der Waals surface area contributed by atoms with Gasteiger partial charge in [0.1, 0.15) is 5.75 Å². The quantitative estimate of drug-likeness (QED) is 0.938. The molecule has 0 unspecified atom stereocenters. The summed E-state index contributed by atoms with van der Waals surface area (Å²) in [6.45, 7) is 6.00. The molecule has 0 aliphatic carbocycles. The first-order chi connectivity index (χ1) is 10.1. The van der Waals surface area contributed by atoms with Gasteiger partial charge in [0.2, 0.25) is 0 Å². The van der Waals surface area contributed by atoms with Gasteiger partial charge in [0.05, 0.1) is 12.3 Å². The molecule has 1 N–H and O–H groups in total. The molecule has 1 atom stereocenters. The van der Waals surface area contributed by atoms with Crippen LogP contribution in [0, 0.1) is 0 Å². The molecule has 0 saturated carbocycles. The number of fused-ring (bicyclic) bond motifs is 1. The number of nitrogens with zero attached hydrogens (tertiary/aromatic N) is 2. The second-order valence-corrected chi connectivity index (χ2v) is 5.98. The van der Waals surface area contributed by atoms with Crippen molar-refractivity contribution < 1.29 is 4.74 Å². The van der Waals surface area contributed by atoms with Crippen LogP contribution in [0.5, 0.6) is 5.75 Å². The van der Waals surface area contributed by atoms with Gasteiger partial charge in [-0.15, -0.1) is 0 Å². The number of rotatable bonds is 4. The Morgan fingerprint density at radius 1 is 1.38 bits per heavy atom. The maximum absolute atomic E-state index is 5.72. The second kappa shape index (κ2) is 5.90. The topological polar surface area (TPSA) is 39.1 Å². The minimum Gasteiger partial charge on any atom is -0.493 e. The van der Waals surface area contributed by atoms with Gasteiger partial charge in [-0.3, -0.25) is 4.68 Å². The maximum Gasteiger partial charge on any atom is 0.124 e. The van der Waals surface area contributed by atoms with Gasteiger partial charge in [-0.25, -0.2) is 0 Å². The van der Waals surface area contributed by atoms with E-state index in [0.29, 0.717) is 12.0 Å². The third-order valence-corrected chi connectivity index (χ3v) is 3.98. The first-order valence-electron chi connectivity index (χ1n) is 7.62. The van der Waals surface area contributed by atoms with Crippen molar-refractivity contribution in [3.05, 3.63) is 47.3 Å². The summed E-state index contributed by atoms with van der Waals surface area (Å²) in [6.07, 6.45) is 3.13. The Labute approximate surface area is 126 Å². The molecule has 0 amide bonds. The SMILES string of the molecule is CC(C)c1nn(C)cc1CN[C@H]1CCOc2ccccc21. The number of benzene rings is 1. The van der Waals surface area contributed by atoms with Crippen molar-refractivity contribution in [2.24, 2.45) is 7.05 Å². The summed E-state index contributed by atoms with van der Waals surface area (Å²) in [5, 5.41) is 8.24. The van der Waals surface area contributed by atoms with E-state index in [1.165, 1.54) is 16.8 Å². The number of para-hydroxylation sites is 1. The van der Waals surface area contributed by atoms with Crippen LogP contribution in [0.2, 0.25) is 0 Å². The largest absolute Gasteiger partial charge is 0.493 e. The third-order valence-electron chi connectivity index (χ3n) is 3.98. The van der Waals surface area contributed by atoms with Crippen molar-refractivity contribution in [3.8, 4) is 5.75 Å². The Hall–Kier alpha value is -1.81. The number of aryl methyl sites for hydroxylation is 1. The molecule has 1 aromatic carbocycles. The van der Waals surface area contributed by atoms with Crippen LogP contribution in [-0.4, -0.2) is 16.4 Å². The molecule has 112 valence electrons. The molecule has 0 bridgehead atoms. The summed E-state index contributed by atoms with van der Waals surface area (Å²) >= 11 is 0. The molecule has 2 aromatic rings. The van der Waals surface area contributed by atoms with E-state index in [1.807, 2.05) is 23.9 Å². The van der Waals surface area contributed by atoms with Gasteiger partial charge in [0.15, 0.2) is 0 Å². The van der Waals surface area contributed by atoms with Crippen LogP contribution < -0.4 is 10.1 Å². The molecule has 1 aliphatic heterocycles. The summed E-state index contributed by atoms with van der Waals surface area (Å²) in [7, 11) is 1.99. The van der Waals surface area contributed by atoms with Crippen molar-refractivity contribution in [2.45, 2.75) is 38.8 Å². The molecule has 1 aliphatic rings. The molecule has 4 nitrogen and oxygen atoms in total. The highest BCUT2D eigenvalue weighted by molar-refractivity contribution is 5.37. The van der Waals surface area contributed by atoms with E-state index in [-0.39, 0.29) is 0 Å². The highest BCUT2D eigenvalue weighted by Gasteiger charge is 2.21. The van der Waals surface area contributed by atoms with Crippen LogP contribution in [0.4, 0.5) is 0 Å². The Morgan fingerprint density at radius 3 is 3.00 bits per heavy atom. The maximum atomic E-state index is 5.72. The minimum absolute atomic E-state index is 0.357. The summed E-state index contributed by atoms with van der Waals surface area (Å²) in [5.74, 6) is 1.46. The number of aromatic nitrogens is 2. The van der Waals surface area contributed by atoms with Gasteiger partial charge >= 0.3 is 0 Å². The Bertz CT molecular complexity index is 618. The third kappa shape index (κ3) is 2.95. The fourth-order valence-electron chi connectivity index (χ4n) is 2.96. The van der Waals surface area contributed by atoms with E-state index in [1.54, 1.807) is 0 Å². The molecule has 0 saturated heterocycles. The van der Waals surface area contributed by atoms with E-state index >= 15 is 0 Å². The van der Waals surface area contributed by atoms with Gasteiger partial charge in [-0.2, -0.15) is 5.10 Å². The van der Waals surface area contributed by atoms with Gasteiger partial charge in [0, 0.05) is 43.4 Å². The summed E-state index contributed by atoms with van der Waals surface area (Å²) in [6, 6.07) is 8.66. The number of hydrogen-bond acceptors (Lipinski definition) is 3. The molecule has 2 heterocycles. The Morgan fingerprint density at radius 2 is 2.19 bits per heavy atom. The van der Waals surface area contributed by atoms with Gasteiger partial charge in [-0.1, -0.05) is 32.0 Å². The van der Waals surface area contributed by atoms with Crippen LogP contribution in [0.15, 0.2) is 30.5 Å². The lowest BCUT2D eigenvalue weighted by atomic mass is 10.00. The van der Waals surface area contributed by atoms with Crippen molar-refractivity contribution in [1.29, 1.82) is 0 Å². The van der Waals surface area contributed by atoms with E-state index in [4.69, 9.17) is 4.74 Å². The molecule has 1 aromatic heterocycles. The van der Waals surface area contributed by atoms with Crippen LogP contribution in [0.25, 0.3) is 0 Å². The molecular weight excluding hydrogens is 262 g/mol. The van der Waals surface area contributed by atoms with E-state index < -0.39 is 0 Å². The molecule has 3 rings (SSSR count). The minimum atomic E-state index is 0.357. The van der Waals surface area contributed by atoms with Crippen molar-refractivity contribution in [2.75, 3.05) is 6.61 Å². The fraction of sp³-hybridized carbons (Fsp3) is 0.471. The number of hydrogen-bond donors (Lipinski definition) is 1. The van der Waals surface area contributed by atoms with Crippen LogP contribution in [-0.2, 0) is 13.6 Å². The molecule has 4 heteroatoms. The van der Waals surface area contributed by atoms with Gasteiger partial charge in [0.25, 0.3) is 0 Å². The molecule has 0 fully saturated rings. The highest BCUT2D eigenvalue weighted by Crippen LogP contribution is 2.32. The monoisotopic (exact) mass is 285 g/mol. The van der Waals surface area contributed by atoms with Gasteiger partial charge < -0.3 is 10.1 Å². The van der Waals surface area contributed by atoms with Crippen LogP contribution in [0.3, 0.4) is 0 Å². The second-order valence-electron chi connectivity index (χ2n) is 5.98. The Balaban J connectivity index is 1.74. The average Bonchev–Trinajstić information content (AvgIpc) is 2.86. The predicted octanol–water partition coefficient (Wildman–Crippen LogP) is 3.16. The van der Waals surface area contributed by atoms with Crippen LogP contribution in [0.1, 0.15) is 49.0 Å². The van der Waals surface area contributed by atoms with E-state index in [2.05, 4.69) is 42.6 Å². The first kappa shape index (κ1) is 14.1. The summed E-state index contributed by atoms with van der Waals surface area (Å²) in [4.78, 5) is 0. The molecule has 21 heavy (non-hydrogen) atoms. The predicted molar refractivity (Wildman–Crippen MR) is 83.4 cm³/mol. The normalized spacial score (nSPS) is 17.6. The highest BCUT2D eigenvalue weighted by atomic mass is 16.5. The zero-order valence-corrected chi connectivity index (χ0v) is 13.0. The fourth-order valence-corrected chi connectivity index (χ4v) is 2.96. The Kier molecular flexibility index (Phi) is 3.97. The smallest absolute Gasteiger partial charge is 0.124 e. The van der Waals surface area contributed by atoms with Crippen LogP contribution >= 0.6 is 0 Å². The summed E-state index contributed by atoms with van der Waals surface area (Å²) < 4.78 is 7.62. The van der Waals surface area contributed by atoms with Crippen molar-refractivity contribution in [1.82, 2.24) is 15.1 Å². The first-order valence-corrected chi connectivity index (χ1v) is 7.62. The standard InChI is InChI=1S/C17H23N3O/c1-12(2)17-13(11-20(3)19-17)10-18-15-8-9-21-16-7-5-4-6-14(15)16/h4-7,11-12,15,18H,8-10H2,1-3H3/t15-/m0/s1. The molecular formula is C17H23N3O. The molecule has 0 radical (unpaired) electrons. The van der Waals surface area contributed by atoms with E-state index in [0.717, 1.165) is 25.3 Å². The lowest BCUT2D eigenvalue weighted by Crippen LogP contribution is -2.27. The lowest BCUT2D eigenvalue weighted by Gasteiger charge is -2.26.